The minimum absolute atomic E-state index is 0.153. The third-order valence-corrected chi connectivity index (χ3v) is 5.81. The number of aryl methyl sites for hydroxylation is 2. The SMILES string of the molecule is Cc1ccc(C#CCNC(=O)c2cc(NC(=O)c3ccccc3-c3ccc(C(F)(F)F)cc3)cn2C)cc1. The molecular formula is C30H24F3N3O2. The Kier molecular flexibility index (Phi) is 7.68. The van der Waals surface area contributed by atoms with E-state index >= 15 is 0 Å². The Morgan fingerprint density at radius 3 is 2.29 bits per heavy atom. The maximum atomic E-state index is 13.1. The molecule has 4 rings (SSSR count). The minimum atomic E-state index is -4.44. The van der Waals surface area contributed by atoms with Crippen LogP contribution in [0.4, 0.5) is 18.9 Å². The maximum Gasteiger partial charge on any atom is 0.416 e. The van der Waals surface area contributed by atoms with Crippen LogP contribution in [-0.4, -0.2) is 22.9 Å². The van der Waals surface area contributed by atoms with Crippen molar-refractivity contribution in [2.45, 2.75) is 13.1 Å². The Balaban J connectivity index is 1.44. The quantitative estimate of drug-likeness (QED) is 0.318. The first-order valence-electron chi connectivity index (χ1n) is 11.7. The van der Waals surface area contributed by atoms with Gasteiger partial charge in [-0.05, 0) is 54.4 Å². The van der Waals surface area contributed by atoms with Gasteiger partial charge in [0.15, 0.2) is 0 Å². The smallest absolute Gasteiger partial charge is 0.344 e. The molecule has 0 aliphatic heterocycles. The Labute approximate surface area is 218 Å². The second-order valence-corrected chi connectivity index (χ2v) is 8.65. The van der Waals surface area contributed by atoms with Gasteiger partial charge in [0.2, 0.25) is 0 Å². The standard InChI is InChI=1S/C30H24F3N3O2/c1-20-9-11-21(12-10-20)6-5-17-34-29(38)27-18-24(19-36(27)2)35-28(37)26-8-4-3-7-25(26)22-13-15-23(16-14-22)30(31,32)33/h3-4,7-16,18-19H,17H2,1-2H3,(H,34,38)(H,35,37). The lowest BCUT2D eigenvalue weighted by atomic mass is 9.98. The summed E-state index contributed by atoms with van der Waals surface area (Å²) in [4.78, 5) is 25.7. The van der Waals surface area contributed by atoms with Crippen LogP contribution in [0.15, 0.2) is 85.1 Å². The number of amides is 2. The highest BCUT2D eigenvalue weighted by atomic mass is 19.4. The van der Waals surface area contributed by atoms with Crippen LogP contribution < -0.4 is 10.6 Å². The number of nitrogens with zero attached hydrogens (tertiary/aromatic N) is 1. The van der Waals surface area contributed by atoms with E-state index in [9.17, 15) is 22.8 Å². The van der Waals surface area contributed by atoms with Gasteiger partial charge in [0, 0.05) is 24.4 Å². The molecule has 0 spiro atoms. The van der Waals surface area contributed by atoms with Crippen LogP contribution in [0, 0.1) is 18.8 Å². The number of aromatic nitrogens is 1. The van der Waals surface area contributed by atoms with E-state index in [0.29, 0.717) is 22.5 Å². The number of carbonyl (C=O) groups excluding carboxylic acids is 2. The Bertz CT molecular complexity index is 1520. The largest absolute Gasteiger partial charge is 0.416 e. The highest BCUT2D eigenvalue weighted by Gasteiger charge is 2.30. The lowest BCUT2D eigenvalue weighted by Gasteiger charge is -2.11. The number of alkyl halides is 3. The molecule has 0 saturated heterocycles. The average molecular weight is 516 g/mol. The molecule has 0 unspecified atom stereocenters. The fourth-order valence-electron chi connectivity index (χ4n) is 3.83. The van der Waals surface area contributed by atoms with Crippen LogP contribution in [0.25, 0.3) is 11.1 Å². The van der Waals surface area contributed by atoms with Gasteiger partial charge in [-0.25, -0.2) is 0 Å². The third-order valence-electron chi connectivity index (χ3n) is 5.81. The second-order valence-electron chi connectivity index (χ2n) is 8.65. The fraction of sp³-hybridized carbons (Fsp3) is 0.133. The monoisotopic (exact) mass is 515 g/mol. The zero-order chi connectivity index (χ0) is 27.3. The number of rotatable bonds is 5. The van der Waals surface area contributed by atoms with Crippen molar-refractivity contribution in [2.24, 2.45) is 7.05 Å². The van der Waals surface area contributed by atoms with E-state index < -0.39 is 17.6 Å². The molecule has 5 nitrogen and oxygen atoms in total. The highest BCUT2D eigenvalue weighted by Crippen LogP contribution is 2.32. The first-order chi connectivity index (χ1) is 18.1. The molecule has 8 heteroatoms. The van der Waals surface area contributed by atoms with Gasteiger partial charge >= 0.3 is 6.18 Å². The van der Waals surface area contributed by atoms with Gasteiger partial charge in [-0.1, -0.05) is 59.9 Å². The molecule has 2 N–H and O–H groups in total. The Morgan fingerprint density at radius 2 is 1.61 bits per heavy atom. The molecule has 0 aliphatic carbocycles. The van der Waals surface area contributed by atoms with Gasteiger partial charge in [0.05, 0.1) is 17.8 Å². The summed E-state index contributed by atoms with van der Waals surface area (Å²) >= 11 is 0. The number of nitrogens with one attached hydrogen (secondary N) is 2. The lowest BCUT2D eigenvalue weighted by Crippen LogP contribution is -2.25. The lowest BCUT2D eigenvalue weighted by molar-refractivity contribution is -0.137. The number of carbonyl (C=O) groups is 2. The van der Waals surface area contributed by atoms with Gasteiger partial charge in [0.1, 0.15) is 5.69 Å². The molecule has 0 fully saturated rings. The molecule has 0 bridgehead atoms. The van der Waals surface area contributed by atoms with Crippen molar-refractivity contribution in [3.63, 3.8) is 0 Å². The molecule has 1 heterocycles. The molecule has 4 aromatic rings. The molecule has 1 aromatic heterocycles. The van der Waals surface area contributed by atoms with Crippen molar-refractivity contribution in [2.75, 3.05) is 11.9 Å². The van der Waals surface area contributed by atoms with Gasteiger partial charge in [-0.3, -0.25) is 9.59 Å². The van der Waals surface area contributed by atoms with E-state index in [0.717, 1.165) is 23.3 Å². The van der Waals surface area contributed by atoms with Crippen LogP contribution in [-0.2, 0) is 13.2 Å². The summed E-state index contributed by atoms with van der Waals surface area (Å²) in [5.74, 6) is 5.09. The second kappa shape index (κ2) is 11.1. The van der Waals surface area contributed by atoms with E-state index in [4.69, 9.17) is 0 Å². The fourth-order valence-corrected chi connectivity index (χ4v) is 3.83. The maximum absolute atomic E-state index is 13.1. The minimum Gasteiger partial charge on any atom is -0.344 e. The predicted octanol–water partition coefficient (Wildman–Crippen LogP) is 6.05. The number of hydrogen-bond acceptors (Lipinski definition) is 2. The van der Waals surface area contributed by atoms with Crippen molar-refractivity contribution in [3.8, 4) is 23.0 Å². The normalized spacial score (nSPS) is 10.9. The van der Waals surface area contributed by atoms with Crippen molar-refractivity contribution in [3.05, 3.63) is 113 Å². The zero-order valence-electron chi connectivity index (χ0n) is 20.7. The number of hydrogen-bond donors (Lipinski definition) is 2. The molecule has 0 atom stereocenters. The van der Waals surface area contributed by atoms with E-state index in [1.54, 1.807) is 48.1 Å². The summed E-state index contributed by atoms with van der Waals surface area (Å²) in [7, 11) is 1.68. The molecule has 0 saturated carbocycles. The Hall–Kier alpha value is -4.77. The molecule has 0 radical (unpaired) electrons. The predicted molar refractivity (Wildman–Crippen MR) is 141 cm³/mol. The average Bonchev–Trinajstić information content (AvgIpc) is 3.27. The topological polar surface area (TPSA) is 63.1 Å². The van der Waals surface area contributed by atoms with Crippen LogP contribution >= 0.6 is 0 Å². The number of halogens is 3. The molecule has 3 aromatic carbocycles. The first kappa shape index (κ1) is 26.3. The highest BCUT2D eigenvalue weighted by molar-refractivity contribution is 6.09. The van der Waals surface area contributed by atoms with Crippen molar-refractivity contribution in [1.29, 1.82) is 0 Å². The van der Waals surface area contributed by atoms with Gasteiger partial charge in [-0.15, -0.1) is 0 Å². The molecule has 38 heavy (non-hydrogen) atoms. The van der Waals surface area contributed by atoms with Crippen molar-refractivity contribution in [1.82, 2.24) is 9.88 Å². The summed E-state index contributed by atoms with van der Waals surface area (Å²) < 4.78 is 40.4. The van der Waals surface area contributed by atoms with Crippen molar-refractivity contribution >= 4 is 17.5 Å². The van der Waals surface area contributed by atoms with E-state index in [1.807, 2.05) is 31.2 Å². The van der Waals surface area contributed by atoms with Crippen LogP contribution in [0.1, 0.15) is 37.5 Å². The van der Waals surface area contributed by atoms with Gasteiger partial charge in [0.25, 0.3) is 11.8 Å². The Morgan fingerprint density at radius 1 is 0.921 bits per heavy atom. The third kappa shape index (κ3) is 6.31. The molecular weight excluding hydrogens is 491 g/mol. The van der Waals surface area contributed by atoms with Gasteiger partial charge < -0.3 is 15.2 Å². The first-order valence-corrected chi connectivity index (χ1v) is 11.7. The summed E-state index contributed by atoms with van der Waals surface area (Å²) in [5.41, 5.74) is 3.20. The summed E-state index contributed by atoms with van der Waals surface area (Å²) in [6.07, 6.45) is -2.84. The number of benzene rings is 3. The van der Waals surface area contributed by atoms with E-state index in [1.165, 1.54) is 12.1 Å². The van der Waals surface area contributed by atoms with Gasteiger partial charge in [-0.2, -0.15) is 13.2 Å². The molecule has 2 amide bonds. The summed E-state index contributed by atoms with van der Waals surface area (Å²) in [6, 6.07) is 20.6. The van der Waals surface area contributed by atoms with E-state index in [2.05, 4.69) is 22.5 Å². The zero-order valence-corrected chi connectivity index (χ0v) is 20.7. The molecule has 192 valence electrons. The van der Waals surface area contributed by atoms with Crippen LogP contribution in [0.3, 0.4) is 0 Å². The number of anilines is 1. The molecule has 0 aliphatic rings. The summed E-state index contributed by atoms with van der Waals surface area (Å²) in [5, 5.41) is 5.50. The van der Waals surface area contributed by atoms with Crippen LogP contribution in [0.5, 0.6) is 0 Å². The van der Waals surface area contributed by atoms with Crippen LogP contribution in [0.2, 0.25) is 0 Å². The van der Waals surface area contributed by atoms with E-state index in [-0.39, 0.29) is 18.0 Å². The summed E-state index contributed by atoms with van der Waals surface area (Å²) in [6.45, 7) is 2.14. The van der Waals surface area contributed by atoms with Crippen molar-refractivity contribution < 1.29 is 22.8 Å².